The minimum atomic E-state index is 0.269. The van der Waals surface area contributed by atoms with E-state index in [2.05, 4.69) is 38.2 Å². The Kier molecular flexibility index (Phi) is 4.16. The van der Waals surface area contributed by atoms with Crippen LogP contribution in [0, 0.1) is 0 Å². The average molecular weight is 374 g/mol. The highest BCUT2D eigenvalue weighted by Crippen LogP contribution is 2.29. The van der Waals surface area contributed by atoms with E-state index < -0.39 is 0 Å². The third-order valence-electron chi connectivity index (χ3n) is 5.51. The minimum absolute atomic E-state index is 0.269. The van der Waals surface area contributed by atoms with Gasteiger partial charge in [-0.15, -0.1) is 0 Å². The van der Waals surface area contributed by atoms with Gasteiger partial charge < -0.3 is 9.64 Å². The number of aliphatic imine (C=N–C) groups is 1. The molecule has 4 heterocycles. The topological polar surface area (TPSA) is 68.4 Å². The number of anilines is 1. The van der Waals surface area contributed by atoms with Gasteiger partial charge in [0.1, 0.15) is 12.1 Å². The van der Waals surface area contributed by atoms with Crippen LogP contribution in [-0.4, -0.2) is 51.8 Å². The fourth-order valence-electron chi connectivity index (χ4n) is 3.93. The number of benzene rings is 1. The Bertz CT molecular complexity index is 1060. The summed E-state index contributed by atoms with van der Waals surface area (Å²) in [6.45, 7) is 2.50. The first-order valence-electron chi connectivity index (χ1n) is 9.48. The summed E-state index contributed by atoms with van der Waals surface area (Å²) in [6, 6.07) is 8.52. The van der Waals surface area contributed by atoms with Gasteiger partial charge in [0.15, 0.2) is 0 Å². The van der Waals surface area contributed by atoms with Crippen molar-refractivity contribution < 1.29 is 4.74 Å². The molecule has 1 aromatic carbocycles. The Labute approximate surface area is 163 Å². The van der Waals surface area contributed by atoms with Crippen molar-refractivity contribution >= 4 is 11.5 Å². The molecule has 5 rings (SSSR count). The molecule has 0 bridgehead atoms. The lowest BCUT2D eigenvalue weighted by atomic mass is 9.98. The van der Waals surface area contributed by atoms with Gasteiger partial charge in [0.25, 0.3) is 0 Å². The van der Waals surface area contributed by atoms with Crippen molar-refractivity contribution in [2.75, 3.05) is 25.1 Å². The summed E-state index contributed by atoms with van der Waals surface area (Å²) in [5, 5.41) is 4.28. The maximum Gasteiger partial charge on any atom is 0.132 e. The zero-order valence-electron chi connectivity index (χ0n) is 16.0. The molecule has 1 fully saturated rings. The zero-order valence-corrected chi connectivity index (χ0v) is 16.0. The van der Waals surface area contributed by atoms with Crippen molar-refractivity contribution in [1.82, 2.24) is 19.7 Å². The first kappa shape index (κ1) is 17.1. The molecule has 1 saturated heterocycles. The Balaban J connectivity index is 1.47. The fraction of sp³-hybridized carbons (Fsp3) is 0.333. The van der Waals surface area contributed by atoms with Crippen molar-refractivity contribution in [2.45, 2.75) is 19.1 Å². The molecule has 0 aliphatic carbocycles. The minimum Gasteiger partial charge on any atom is -0.380 e. The van der Waals surface area contributed by atoms with Gasteiger partial charge in [0.05, 0.1) is 30.3 Å². The summed E-state index contributed by atoms with van der Waals surface area (Å²) in [4.78, 5) is 16.0. The number of nitrogens with zero attached hydrogens (tertiary/aromatic N) is 6. The summed E-state index contributed by atoms with van der Waals surface area (Å²) < 4.78 is 7.30. The molecule has 0 N–H and O–H groups in total. The summed E-state index contributed by atoms with van der Waals surface area (Å²) in [5.74, 6) is 0.934. The van der Waals surface area contributed by atoms with Crippen LogP contribution >= 0.6 is 0 Å². The fourth-order valence-corrected chi connectivity index (χ4v) is 3.93. The normalized spacial score (nSPS) is 18.4. The van der Waals surface area contributed by atoms with Crippen LogP contribution in [-0.2, 0) is 18.3 Å². The molecule has 1 atom stereocenters. The third-order valence-corrected chi connectivity index (χ3v) is 5.51. The SMILES string of the molecule is CO[C@@H]1CCN(c2cc(C3=NCc4ccc(-c5cnn(C)c5)cc43)ncn2)C1. The van der Waals surface area contributed by atoms with Gasteiger partial charge >= 0.3 is 0 Å². The van der Waals surface area contributed by atoms with E-state index in [1.54, 1.807) is 13.4 Å². The highest BCUT2D eigenvalue weighted by Gasteiger charge is 2.25. The molecule has 2 aromatic heterocycles. The van der Waals surface area contributed by atoms with Crippen LogP contribution in [0.25, 0.3) is 11.1 Å². The second kappa shape index (κ2) is 6.83. The smallest absolute Gasteiger partial charge is 0.132 e. The molecular formula is C21H22N6O. The van der Waals surface area contributed by atoms with Crippen LogP contribution in [0.4, 0.5) is 5.82 Å². The van der Waals surface area contributed by atoms with E-state index in [1.165, 1.54) is 5.56 Å². The van der Waals surface area contributed by atoms with E-state index >= 15 is 0 Å². The number of methoxy groups -OCH3 is 1. The zero-order chi connectivity index (χ0) is 19.1. The van der Waals surface area contributed by atoms with E-state index in [-0.39, 0.29) is 6.10 Å². The van der Waals surface area contributed by atoms with E-state index in [9.17, 15) is 0 Å². The van der Waals surface area contributed by atoms with Crippen LogP contribution in [0.15, 0.2) is 48.0 Å². The lowest BCUT2D eigenvalue weighted by Crippen LogP contribution is -2.23. The molecule has 7 nitrogen and oxygen atoms in total. The average Bonchev–Trinajstić information content (AvgIpc) is 3.46. The molecule has 2 aliphatic rings. The molecule has 0 radical (unpaired) electrons. The Morgan fingerprint density at radius 2 is 2.07 bits per heavy atom. The van der Waals surface area contributed by atoms with Gasteiger partial charge in [-0.2, -0.15) is 5.10 Å². The van der Waals surface area contributed by atoms with Crippen molar-refractivity contribution in [3.63, 3.8) is 0 Å². The van der Waals surface area contributed by atoms with Crippen LogP contribution in [0.1, 0.15) is 23.2 Å². The van der Waals surface area contributed by atoms with Crippen molar-refractivity contribution in [2.24, 2.45) is 12.0 Å². The number of hydrogen-bond acceptors (Lipinski definition) is 6. The molecule has 28 heavy (non-hydrogen) atoms. The van der Waals surface area contributed by atoms with E-state index in [4.69, 9.17) is 9.73 Å². The number of hydrogen-bond donors (Lipinski definition) is 0. The quantitative estimate of drug-likeness (QED) is 0.702. The highest BCUT2D eigenvalue weighted by atomic mass is 16.5. The Morgan fingerprint density at radius 1 is 1.14 bits per heavy atom. The first-order valence-corrected chi connectivity index (χ1v) is 9.48. The van der Waals surface area contributed by atoms with Crippen molar-refractivity contribution in [3.05, 3.63) is 59.8 Å². The predicted molar refractivity (Wildman–Crippen MR) is 108 cm³/mol. The number of ether oxygens (including phenoxy) is 1. The number of rotatable bonds is 4. The maximum absolute atomic E-state index is 5.48. The number of aryl methyl sites for hydroxylation is 1. The number of fused-ring (bicyclic) bond motifs is 1. The van der Waals surface area contributed by atoms with Crippen LogP contribution in [0.5, 0.6) is 0 Å². The van der Waals surface area contributed by atoms with Gasteiger partial charge in [0, 0.05) is 50.6 Å². The highest BCUT2D eigenvalue weighted by molar-refractivity contribution is 6.14. The maximum atomic E-state index is 5.48. The molecule has 7 heteroatoms. The molecule has 0 unspecified atom stereocenters. The van der Waals surface area contributed by atoms with Crippen LogP contribution in [0.2, 0.25) is 0 Å². The standard InChI is InChI=1S/C21H22N6O/c1-26-11-16(10-25-26)14-3-4-15-9-22-21(18(15)7-14)19-8-20(24-13-23-19)27-6-5-17(12-27)28-2/h3-4,7-8,10-11,13,17H,5-6,9,12H2,1-2H3/t17-/m1/s1. The molecule has 142 valence electrons. The summed E-state index contributed by atoms with van der Waals surface area (Å²) >= 11 is 0. The monoisotopic (exact) mass is 374 g/mol. The van der Waals surface area contributed by atoms with Gasteiger partial charge in [-0.1, -0.05) is 12.1 Å². The van der Waals surface area contributed by atoms with Crippen LogP contribution < -0.4 is 4.90 Å². The van der Waals surface area contributed by atoms with Crippen molar-refractivity contribution in [1.29, 1.82) is 0 Å². The van der Waals surface area contributed by atoms with Crippen molar-refractivity contribution in [3.8, 4) is 11.1 Å². The van der Waals surface area contributed by atoms with Gasteiger partial charge in [0.2, 0.25) is 0 Å². The van der Waals surface area contributed by atoms with Gasteiger partial charge in [-0.25, -0.2) is 9.97 Å². The van der Waals surface area contributed by atoms with E-state index in [0.29, 0.717) is 6.54 Å². The summed E-state index contributed by atoms with van der Waals surface area (Å²) in [6.07, 6.45) is 6.83. The second-order valence-electron chi connectivity index (χ2n) is 7.29. The molecular weight excluding hydrogens is 352 g/mol. The van der Waals surface area contributed by atoms with Gasteiger partial charge in [-0.3, -0.25) is 9.67 Å². The lowest BCUT2D eigenvalue weighted by Gasteiger charge is -2.17. The Hall–Kier alpha value is -3.06. The number of aromatic nitrogens is 4. The first-order chi connectivity index (χ1) is 13.7. The van der Waals surface area contributed by atoms with E-state index in [0.717, 1.165) is 53.4 Å². The summed E-state index contributed by atoms with van der Waals surface area (Å²) in [7, 11) is 3.70. The Morgan fingerprint density at radius 3 is 2.86 bits per heavy atom. The summed E-state index contributed by atoms with van der Waals surface area (Å²) in [5.41, 5.74) is 6.41. The molecule has 0 saturated carbocycles. The largest absolute Gasteiger partial charge is 0.380 e. The lowest BCUT2D eigenvalue weighted by molar-refractivity contribution is 0.121. The molecule has 0 spiro atoms. The third kappa shape index (κ3) is 2.97. The van der Waals surface area contributed by atoms with Crippen LogP contribution in [0.3, 0.4) is 0 Å². The van der Waals surface area contributed by atoms with Gasteiger partial charge in [-0.05, 0) is 23.6 Å². The molecule has 3 aromatic rings. The molecule has 2 aliphatic heterocycles. The van der Waals surface area contributed by atoms with E-state index in [1.807, 2.05) is 30.2 Å². The molecule has 0 amide bonds. The second-order valence-corrected chi connectivity index (χ2v) is 7.29. The predicted octanol–water partition coefficient (Wildman–Crippen LogP) is 2.45.